The van der Waals surface area contributed by atoms with Gasteiger partial charge in [0.15, 0.2) is 0 Å². The topological polar surface area (TPSA) is 12.0 Å². The van der Waals surface area contributed by atoms with Gasteiger partial charge < -0.3 is 5.32 Å². The highest BCUT2D eigenvalue weighted by atomic mass is 79.9. The molecule has 0 fully saturated rings. The Morgan fingerprint density at radius 1 is 1.30 bits per heavy atom. The Balaban J connectivity index is 2.43. The first kappa shape index (κ1) is 16.1. The zero-order valence-corrected chi connectivity index (χ0v) is 15.3. The highest BCUT2D eigenvalue weighted by Crippen LogP contribution is 2.38. The van der Waals surface area contributed by atoms with E-state index in [0.29, 0.717) is 5.56 Å². The molecule has 20 heavy (non-hydrogen) atoms. The summed E-state index contributed by atoms with van der Waals surface area (Å²) in [5.41, 5.74) is 1.78. The first-order valence-corrected chi connectivity index (χ1v) is 8.87. The van der Waals surface area contributed by atoms with Crippen LogP contribution in [0.1, 0.15) is 35.4 Å². The van der Waals surface area contributed by atoms with E-state index in [9.17, 15) is 4.39 Å². The standard InChI is InChI=1S/C15H16Br2FNS/c1-3-6-19-14(13-8-11(16)15(17)20-13)10-7-9(2)4-5-12(10)18/h4-5,7-8,14,19H,3,6H2,1-2H3. The van der Waals surface area contributed by atoms with Crippen molar-refractivity contribution in [2.75, 3.05) is 6.54 Å². The van der Waals surface area contributed by atoms with E-state index in [-0.39, 0.29) is 11.9 Å². The minimum absolute atomic E-state index is 0.109. The third-order valence-electron chi connectivity index (χ3n) is 3.01. The van der Waals surface area contributed by atoms with Gasteiger partial charge in [0.2, 0.25) is 0 Å². The van der Waals surface area contributed by atoms with Gasteiger partial charge in [-0.2, -0.15) is 0 Å². The monoisotopic (exact) mass is 419 g/mol. The average molecular weight is 421 g/mol. The Labute approximate surface area is 139 Å². The molecule has 0 aliphatic rings. The third kappa shape index (κ3) is 3.70. The molecular weight excluding hydrogens is 405 g/mol. The molecule has 0 bridgehead atoms. The molecule has 0 saturated heterocycles. The highest BCUT2D eigenvalue weighted by molar-refractivity contribution is 9.13. The van der Waals surface area contributed by atoms with E-state index in [1.807, 2.05) is 19.1 Å². The van der Waals surface area contributed by atoms with E-state index in [4.69, 9.17) is 0 Å². The van der Waals surface area contributed by atoms with Crippen molar-refractivity contribution in [3.63, 3.8) is 0 Å². The summed E-state index contributed by atoms with van der Waals surface area (Å²) in [4.78, 5) is 1.10. The summed E-state index contributed by atoms with van der Waals surface area (Å²) in [6.07, 6.45) is 1.01. The average Bonchev–Trinajstić information content (AvgIpc) is 2.74. The fraction of sp³-hybridized carbons (Fsp3) is 0.333. The van der Waals surface area contributed by atoms with Crippen molar-refractivity contribution in [3.05, 3.63) is 54.3 Å². The molecule has 0 aliphatic heterocycles. The van der Waals surface area contributed by atoms with Crippen LogP contribution >= 0.6 is 43.2 Å². The Morgan fingerprint density at radius 3 is 2.65 bits per heavy atom. The molecule has 1 unspecified atom stereocenters. The van der Waals surface area contributed by atoms with Crippen molar-refractivity contribution < 1.29 is 4.39 Å². The Bertz CT molecular complexity index is 578. The van der Waals surface area contributed by atoms with Crippen LogP contribution in [0.15, 0.2) is 32.5 Å². The molecule has 1 aromatic heterocycles. The maximum atomic E-state index is 14.2. The fourth-order valence-electron chi connectivity index (χ4n) is 2.04. The number of aryl methyl sites for hydroxylation is 1. The first-order valence-electron chi connectivity index (χ1n) is 6.47. The molecule has 108 valence electrons. The van der Waals surface area contributed by atoms with Crippen molar-refractivity contribution in [3.8, 4) is 0 Å². The number of hydrogen-bond donors (Lipinski definition) is 1. The third-order valence-corrected chi connectivity index (χ3v) is 6.33. The van der Waals surface area contributed by atoms with Gasteiger partial charge in [0.25, 0.3) is 0 Å². The van der Waals surface area contributed by atoms with Crippen LogP contribution in [0.4, 0.5) is 4.39 Å². The van der Waals surface area contributed by atoms with Gasteiger partial charge in [-0.25, -0.2) is 4.39 Å². The first-order chi connectivity index (χ1) is 9.52. The normalized spacial score (nSPS) is 12.7. The molecule has 0 saturated carbocycles. The van der Waals surface area contributed by atoms with Gasteiger partial charge in [-0.15, -0.1) is 11.3 Å². The number of benzene rings is 1. The van der Waals surface area contributed by atoms with Crippen molar-refractivity contribution in [2.45, 2.75) is 26.3 Å². The molecule has 0 spiro atoms. The van der Waals surface area contributed by atoms with Gasteiger partial charge in [0.1, 0.15) is 5.82 Å². The molecule has 1 N–H and O–H groups in total. The zero-order chi connectivity index (χ0) is 14.7. The van der Waals surface area contributed by atoms with E-state index < -0.39 is 0 Å². The van der Waals surface area contributed by atoms with Crippen LogP contribution in [-0.4, -0.2) is 6.54 Å². The molecule has 2 aromatic rings. The van der Waals surface area contributed by atoms with Crippen molar-refractivity contribution in [1.29, 1.82) is 0 Å². The SMILES string of the molecule is CCCNC(c1cc(Br)c(Br)s1)c1cc(C)ccc1F. The van der Waals surface area contributed by atoms with Crippen LogP contribution in [-0.2, 0) is 0 Å². The summed E-state index contributed by atoms with van der Waals surface area (Å²) in [7, 11) is 0. The van der Waals surface area contributed by atoms with Crippen LogP contribution < -0.4 is 5.32 Å². The number of thiophene rings is 1. The van der Waals surface area contributed by atoms with Crippen molar-refractivity contribution >= 4 is 43.2 Å². The largest absolute Gasteiger partial charge is 0.306 e. The number of rotatable bonds is 5. The van der Waals surface area contributed by atoms with E-state index in [1.165, 1.54) is 0 Å². The summed E-state index contributed by atoms with van der Waals surface area (Å²) in [5.74, 6) is -0.162. The molecule has 0 amide bonds. The van der Waals surface area contributed by atoms with Gasteiger partial charge in [-0.05, 0) is 63.9 Å². The molecule has 0 radical (unpaired) electrons. The lowest BCUT2D eigenvalue weighted by Crippen LogP contribution is -2.23. The van der Waals surface area contributed by atoms with Crippen LogP contribution in [0.5, 0.6) is 0 Å². The molecule has 1 atom stereocenters. The molecule has 1 aromatic carbocycles. The summed E-state index contributed by atoms with van der Waals surface area (Å²) < 4.78 is 16.2. The van der Waals surface area contributed by atoms with E-state index >= 15 is 0 Å². The summed E-state index contributed by atoms with van der Waals surface area (Å²) in [6, 6.07) is 7.20. The van der Waals surface area contributed by atoms with Gasteiger partial charge in [-0.3, -0.25) is 0 Å². The molecule has 0 aliphatic carbocycles. The van der Waals surface area contributed by atoms with Gasteiger partial charge in [-0.1, -0.05) is 24.6 Å². The lowest BCUT2D eigenvalue weighted by Gasteiger charge is -2.19. The smallest absolute Gasteiger partial charge is 0.128 e. The van der Waals surface area contributed by atoms with Gasteiger partial charge in [0, 0.05) is 14.9 Å². The summed E-state index contributed by atoms with van der Waals surface area (Å²) in [6.45, 7) is 4.95. The predicted molar refractivity (Wildman–Crippen MR) is 91.0 cm³/mol. The maximum Gasteiger partial charge on any atom is 0.128 e. The van der Waals surface area contributed by atoms with E-state index in [0.717, 1.165) is 31.7 Å². The van der Waals surface area contributed by atoms with Crippen LogP contribution in [0.25, 0.3) is 0 Å². The summed E-state index contributed by atoms with van der Waals surface area (Å²) in [5, 5.41) is 3.44. The van der Waals surface area contributed by atoms with E-state index in [2.05, 4.69) is 44.1 Å². The second kappa shape index (κ2) is 7.16. The molecule has 1 heterocycles. The van der Waals surface area contributed by atoms with Crippen molar-refractivity contribution in [2.24, 2.45) is 0 Å². The van der Waals surface area contributed by atoms with Crippen LogP contribution in [0.2, 0.25) is 0 Å². The van der Waals surface area contributed by atoms with Crippen molar-refractivity contribution in [1.82, 2.24) is 5.32 Å². The minimum atomic E-state index is -0.162. The van der Waals surface area contributed by atoms with E-state index in [1.54, 1.807) is 23.5 Å². The Morgan fingerprint density at radius 2 is 2.05 bits per heavy atom. The van der Waals surface area contributed by atoms with Gasteiger partial charge >= 0.3 is 0 Å². The highest BCUT2D eigenvalue weighted by Gasteiger charge is 2.20. The van der Waals surface area contributed by atoms with Gasteiger partial charge in [0.05, 0.1) is 9.83 Å². The quantitative estimate of drug-likeness (QED) is 0.643. The lowest BCUT2D eigenvalue weighted by molar-refractivity contribution is 0.550. The summed E-state index contributed by atoms with van der Waals surface area (Å²) >= 11 is 8.63. The molecule has 1 nitrogen and oxygen atoms in total. The minimum Gasteiger partial charge on any atom is -0.306 e. The Hall–Kier alpha value is -0.230. The number of hydrogen-bond acceptors (Lipinski definition) is 2. The Kier molecular flexibility index (Phi) is 5.78. The second-order valence-electron chi connectivity index (χ2n) is 4.68. The fourth-order valence-corrected chi connectivity index (χ4v) is 4.23. The predicted octanol–water partition coefficient (Wildman–Crippen LogP) is 5.81. The van der Waals surface area contributed by atoms with Crippen LogP contribution in [0, 0.1) is 12.7 Å². The molecular formula is C15H16Br2FNS. The maximum absolute atomic E-state index is 14.2. The number of halogens is 3. The second-order valence-corrected chi connectivity index (χ2v) is 7.94. The number of nitrogens with one attached hydrogen (secondary N) is 1. The molecule has 5 heteroatoms. The lowest BCUT2D eigenvalue weighted by atomic mass is 10.0. The zero-order valence-electron chi connectivity index (χ0n) is 11.3. The van der Waals surface area contributed by atoms with Crippen LogP contribution in [0.3, 0.4) is 0 Å². The molecule has 2 rings (SSSR count).